The molecule has 4 aliphatic carbocycles. The first-order valence-electron chi connectivity index (χ1n) is 19.0. The number of rotatable bonds is 7. The standard InChI is InChI=1S/C41H66O8/c1-13-23(3)33(44)47-25(5)32(48-34(45)24(4)14-2)41-29(22-36(6,7)8)40(49-35(41)46)20-16-27-38(11)19-17-30(42)37(9,10)26(38)15-18-39(27,12)28(40)21-31(41)43/h13-14,25-32,35,42-43,46H,15-22H2,1-12H3/b23-13-,24-14-/t25-,26?,27?,28?,29?,30+,31-,32+,35?,38+,39-,40-,41?/m1/s1. The van der Waals surface area contributed by atoms with E-state index in [0.29, 0.717) is 35.8 Å². The third-order valence-electron chi connectivity index (χ3n) is 15.0. The molecule has 3 N–H and O–H groups in total. The molecule has 1 saturated heterocycles. The van der Waals surface area contributed by atoms with Crippen LogP contribution < -0.4 is 0 Å². The first-order valence-corrected chi connectivity index (χ1v) is 19.0. The molecule has 4 saturated carbocycles. The Bertz CT molecular complexity index is 1360. The summed E-state index contributed by atoms with van der Waals surface area (Å²) in [7, 11) is 0. The average molecular weight is 687 g/mol. The van der Waals surface area contributed by atoms with Gasteiger partial charge in [-0.3, -0.25) is 0 Å². The number of carbonyl (C=O) groups excluding carboxylic acids is 2. The number of hydrogen-bond donors (Lipinski definition) is 3. The fraction of sp³-hybridized carbons (Fsp3) is 0.854. The van der Waals surface area contributed by atoms with Gasteiger partial charge in [-0.05, 0) is 125 Å². The second kappa shape index (κ2) is 12.7. The SMILES string of the molecule is C/C=C(/C)C(=O)O[C@H](C)[C@H](OC(=O)/C(C)=C\C)C12C(O)O[C@@]3(CCC4[C@@]5(C)CC[C@H](O)C(C)(C)C5CC[C@@]4(C)C3C[C@H]1O)C2CC(C)(C)C. The molecule has 1 heterocycles. The van der Waals surface area contributed by atoms with Crippen LogP contribution in [0.5, 0.6) is 0 Å². The van der Waals surface area contributed by atoms with Crippen LogP contribution in [-0.2, 0) is 23.8 Å². The number of hydrogen-bond acceptors (Lipinski definition) is 8. The molecule has 8 heteroatoms. The highest BCUT2D eigenvalue weighted by Gasteiger charge is 2.80. The van der Waals surface area contributed by atoms with Gasteiger partial charge >= 0.3 is 11.9 Å². The van der Waals surface area contributed by atoms with E-state index in [1.807, 2.05) is 0 Å². The molecule has 0 radical (unpaired) electrons. The van der Waals surface area contributed by atoms with Crippen molar-refractivity contribution in [2.24, 2.45) is 50.7 Å². The highest BCUT2D eigenvalue weighted by atomic mass is 16.6. The van der Waals surface area contributed by atoms with Gasteiger partial charge in [0.2, 0.25) is 0 Å². The van der Waals surface area contributed by atoms with E-state index in [9.17, 15) is 24.9 Å². The lowest BCUT2D eigenvalue weighted by molar-refractivity contribution is -0.263. The van der Waals surface area contributed by atoms with Crippen molar-refractivity contribution < 1.29 is 39.1 Å². The fourth-order valence-electron chi connectivity index (χ4n) is 12.5. The molecule has 1 spiro atoms. The van der Waals surface area contributed by atoms with Crippen molar-refractivity contribution >= 4 is 11.9 Å². The number of carbonyl (C=O) groups is 2. The number of ether oxygens (including phenoxy) is 3. The van der Waals surface area contributed by atoms with Gasteiger partial charge in [0.15, 0.2) is 12.4 Å². The Balaban J connectivity index is 1.65. The normalized spacial score (nSPS) is 44.6. The van der Waals surface area contributed by atoms with Gasteiger partial charge in [-0.1, -0.05) is 60.6 Å². The van der Waals surface area contributed by atoms with E-state index in [1.165, 1.54) is 0 Å². The van der Waals surface area contributed by atoms with Gasteiger partial charge in [0.25, 0.3) is 0 Å². The molecule has 5 aliphatic rings. The average Bonchev–Trinajstić information content (AvgIpc) is 3.17. The molecular weight excluding hydrogens is 620 g/mol. The van der Waals surface area contributed by atoms with Gasteiger partial charge in [-0.25, -0.2) is 9.59 Å². The summed E-state index contributed by atoms with van der Waals surface area (Å²) < 4.78 is 19.3. The summed E-state index contributed by atoms with van der Waals surface area (Å²) >= 11 is 0. The molecule has 1 aliphatic heterocycles. The Labute approximate surface area is 295 Å². The third kappa shape index (κ3) is 5.68. The van der Waals surface area contributed by atoms with Gasteiger partial charge in [-0.15, -0.1) is 0 Å². The minimum Gasteiger partial charge on any atom is -0.455 e. The number of aliphatic hydroxyl groups excluding tert-OH is 3. The largest absolute Gasteiger partial charge is 0.455 e. The minimum atomic E-state index is -1.44. The molecule has 278 valence electrons. The Morgan fingerprint density at radius 2 is 1.35 bits per heavy atom. The first-order chi connectivity index (χ1) is 22.6. The van der Waals surface area contributed by atoms with Crippen LogP contribution in [0.4, 0.5) is 0 Å². The van der Waals surface area contributed by atoms with Crippen molar-refractivity contribution in [1.82, 2.24) is 0 Å². The topological polar surface area (TPSA) is 123 Å². The molecule has 49 heavy (non-hydrogen) atoms. The summed E-state index contributed by atoms with van der Waals surface area (Å²) in [5, 5.41) is 36.2. The molecule has 2 bridgehead atoms. The van der Waals surface area contributed by atoms with E-state index >= 15 is 0 Å². The maximum absolute atomic E-state index is 13.6. The van der Waals surface area contributed by atoms with Crippen LogP contribution in [0.2, 0.25) is 0 Å². The number of aliphatic hydroxyl groups is 3. The van der Waals surface area contributed by atoms with Crippen LogP contribution in [0.25, 0.3) is 0 Å². The van der Waals surface area contributed by atoms with E-state index in [4.69, 9.17) is 14.2 Å². The Kier molecular flexibility index (Phi) is 10.0. The lowest BCUT2D eigenvalue weighted by Crippen LogP contribution is -2.71. The molecule has 6 unspecified atom stereocenters. The van der Waals surface area contributed by atoms with E-state index in [1.54, 1.807) is 46.8 Å². The molecule has 8 nitrogen and oxygen atoms in total. The van der Waals surface area contributed by atoms with Crippen LogP contribution in [-0.4, -0.2) is 63.6 Å². The molecule has 5 fully saturated rings. The predicted octanol–water partition coefficient (Wildman–Crippen LogP) is 7.28. The van der Waals surface area contributed by atoms with Crippen molar-refractivity contribution in [3.05, 3.63) is 23.3 Å². The third-order valence-corrected chi connectivity index (χ3v) is 15.0. The zero-order valence-corrected chi connectivity index (χ0v) is 32.4. The second-order valence-corrected chi connectivity index (χ2v) is 19.0. The van der Waals surface area contributed by atoms with Crippen LogP contribution >= 0.6 is 0 Å². The van der Waals surface area contributed by atoms with Gasteiger partial charge in [-0.2, -0.15) is 0 Å². The fourth-order valence-corrected chi connectivity index (χ4v) is 12.5. The van der Waals surface area contributed by atoms with Gasteiger partial charge in [0.1, 0.15) is 6.10 Å². The molecule has 0 amide bonds. The van der Waals surface area contributed by atoms with Crippen LogP contribution in [0.15, 0.2) is 23.3 Å². The molecular formula is C41H66O8. The van der Waals surface area contributed by atoms with Crippen molar-refractivity contribution in [2.45, 2.75) is 171 Å². The van der Waals surface area contributed by atoms with E-state index in [0.717, 1.165) is 38.5 Å². The van der Waals surface area contributed by atoms with Crippen LogP contribution in [0, 0.1) is 50.7 Å². The molecule has 0 aromatic carbocycles. The van der Waals surface area contributed by atoms with E-state index in [-0.39, 0.29) is 39.6 Å². The monoisotopic (exact) mass is 686 g/mol. The molecule has 5 rings (SSSR count). The van der Waals surface area contributed by atoms with Gasteiger partial charge in [0.05, 0.1) is 23.2 Å². The van der Waals surface area contributed by atoms with Crippen molar-refractivity contribution in [1.29, 1.82) is 0 Å². The maximum Gasteiger partial charge on any atom is 0.333 e. The Morgan fingerprint density at radius 3 is 1.92 bits per heavy atom. The Hall–Kier alpha value is -1.74. The smallest absolute Gasteiger partial charge is 0.333 e. The highest BCUT2D eigenvalue weighted by molar-refractivity contribution is 5.88. The van der Waals surface area contributed by atoms with Gasteiger partial charge < -0.3 is 29.5 Å². The summed E-state index contributed by atoms with van der Waals surface area (Å²) in [5.41, 5.74) is -1.94. The first kappa shape index (κ1) is 38.5. The minimum absolute atomic E-state index is 0.0308. The zero-order chi connectivity index (χ0) is 36.7. The zero-order valence-electron chi connectivity index (χ0n) is 32.4. The molecule has 0 aromatic heterocycles. The summed E-state index contributed by atoms with van der Waals surface area (Å²) in [5.74, 6) is -0.785. The summed E-state index contributed by atoms with van der Waals surface area (Å²) in [6.07, 6.45) is 4.71. The van der Waals surface area contributed by atoms with E-state index in [2.05, 4.69) is 48.5 Å². The quantitative estimate of drug-likeness (QED) is 0.189. The van der Waals surface area contributed by atoms with Crippen LogP contribution in [0.3, 0.4) is 0 Å². The Morgan fingerprint density at radius 1 is 0.816 bits per heavy atom. The van der Waals surface area contributed by atoms with Crippen LogP contribution in [0.1, 0.15) is 134 Å². The van der Waals surface area contributed by atoms with Crippen molar-refractivity contribution in [3.8, 4) is 0 Å². The molecule has 0 aromatic rings. The maximum atomic E-state index is 13.6. The van der Waals surface area contributed by atoms with Crippen molar-refractivity contribution in [2.75, 3.05) is 0 Å². The van der Waals surface area contributed by atoms with E-state index < -0.39 is 47.6 Å². The van der Waals surface area contributed by atoms with Crippen molar-refractivity contribution in [3.63, 3.8) is 0 Å². The predicted molar refractivity (Wildman–Crippen MR) is 189 cm³/mol. The summed E-state index contributed by atoms with van der Waals surface area (Å²) in [6.45, 7) is 24.4. The lowest BCUT2D eigenvalue weighted by atomic mass is 9.35. The lowest BCUT2D eigenvalue weighted by Gasteiger charge is -2.70. The summed E-state index contributed by atoms with van der Waals surface area (Å²) in [4.78, 5) is 26.7. The number of fused-ring (bicyclic) bond motifs is 5. The number of esters is 2. The highest BCUT2D eigenvalue weighted by Crippen LogP contribution is 2.76. The van der Waals surface area contributed by atoms with Gasteiger partial charge in [0, 0.05) is 17.1 Å². The second-order valence-electron chi connectivity index (χ2n) is 19.0. The number of allylic oxidation sites excluding steroid dienone is 2. The summed E-state index contributed by atoms with van der Waals surface area (Å²) in [6, 6.07) is 0. The molecule has 13 atom stereocenters.